The average Bonchev–Trinajstić information content (AvgIpc) is 3.30. The van der Waals surface area contributed by atoms with Gasteiger partial charge in [-0.05, 0) is 36.4 Å². The van der Waals surface area contributed by atoms with E-state index >= 15 is 0 Å². The summed E-state index contributed by atoms with van der Waals surface area (Å²) in [7, 11) is 0. The molecular formula is C23H21N3O7. The lowest BCUT2D eigenvalue weighted by atomic mass is 10.1. The highest BCUT2D eigenvalue weighted by molar-refractivity contribution is 5.96. The number of nitrogens with zero attached hydrogens (tertiary/aromatic N) is 1. The Morgan fingerprint density at radius 2 is 1.88 bits per heavy atom. The van der Waals surface area contributed by atoms with Crippen LogP contribution in [0, 0.1) is 10.1 Å². The van der Waals surface area contributed by atoms with Gasteiger partial charge < -0.3 is 30.0 Å². The highest BCUT2D eigenvalue weighted by Crippen LogP contribution is 2.35. The van der Waals surface area contributed by atoms with Gasteiger partial charge in [-0.15, -0.1) is 0 Å². The van der Waals surface area contributed by atoms with Gasteiger partial charge in [0, 0.05) is 29.9 Å². The minimum Gasteiger partial charge on any atom is -0.491 e. The van der Waals surface area contributed by atoms with Crippen molar-refractivity contribution in [3.05, 3.63) is 82.4 Å². The van der Waals surface area contributed by atoms with Gasteiger partial charge in [0.05, 0.1) is 4.92 Å². The quantitative estimate of drug-likeness (QED) is 0.334. The van der Waals surface area contributed by atoms with E-state index in [1.807, 2.05) is 6.07 Å². The van der Waals surface area contributed by atoms with Crippen molar-refractivity contribution in [2.75, 3.05) is 25.3 Å². The van der Waals surface area contributed by atoms with Gasteiger partial charge in [-0.1, -0.05) is 18.2 Å². The molecule has 10 heteroatoms. The van der Waals surface area contributed by atoms with Crippen LogP contribution in [0.3, 0.4) is 0 Å². The van der Waals surface area contributed by atoms with E-state index in [-0.39, 0.29) is 36.9 Å². The Hall–Kier alpha value is -4.31. The van der Waals surface area contributed by atoms with Gasteiger partial charge in [-0.2, -0.15) is 0 Å². The van der Waals surface area contributed by atoms with E-state index < -0.39 is 16.9 Å². The topological polar surface area (TPSA) is 132 Å². The summed E-state index contributed by atoms with van der Waals surface area (Å²) in [5.74, 6) is 1.12. The van der Waals surface area contributed by atoms with Crippen LogP contribution in [-0.4, -0.2) is 42.0 Å². The van der Waals surface area contributed by atoms with Crippen molar-refractivity contribution in [2.45, 2.75) is 6.10 Å². The zero-order valence-electron chi connectivity index (χ0n) is 17.4. The number of rotatable bonds is 9. The summed E-state index contributed by atoms with van der Waals surface area (Å²) in [4.78, 5) is 23.4. The number of aliphatic hydroxyl groups excluding tert-OH is 1. The molecule has 0 aromatic heterocycles. The van der Waals surface area contributed by atoms with Crippen molar-refractivity contribution in [2.24, 2.45) is 0 Å². The molecule has 3 aromatic carbocycles. The van der Waals surface area contributed by atoms with E-state index in [0.717, 1.165) is 0 Å². The van der Waals surface area contributed by atoms with Crippen molar-refractivity contribution in [1.82, 2.24) is 5.32 Å². The molecule has 0 saturated heterocycles. The molecule has 0 bridgehead atoms. The van der Waals surface area contributed by atoms with Crippen LogP contribution in [0.1, 0.15) is 10.4 Å². The number of benzene rings is 3. The molecule has 33 heavy (non-hydrogen) atoms. The zero-order chi connectivity index (χ0) is 23.2. The average molecular weight is 451 g/mol. The van der Waals surface area contributed by atoms with Crippen LogP contribution in [-0.2, 0) is 0 Å². The monoisotopic (exact) mass is 451 g/mol. The molecule has 0 aliphatic carbocycles. The number of nitrogens with one attached hydrogen (secondary N) is 2. The summed E-state index contributed by atoms with van der Waals surface area (Å²) in [6.45, 7) is -0.0178. The summed E-state index contributed by atoms with van der Waals surface area (Å²) in [6.07, 6.45) is -0.992. The first-order valence-electron chi connectivity index (χ1n) is 10.1. The van der Waals surface area contributed by atoms with Crippen molar-refractivity contribution >= 4 is 23.0 Å². The predicted octanol–water partition coefficient (Wildman–Crippen LogP) is 3.24. The molecule has 0 radical (unpaired) electrons. The number of anilines is 2. The van der Waals surface area contributed by atoms with Gasteiger partial charge >= 0.3 is 0 Å². The van der Waals surface area contributed by atoms with Gasteiger partial charge in [0.2, 0.25) is 6.79 Å². The smallest absolute Gasteiger partial charge is 0.293 e. The number of carbonyl (C=O) groups excluding carboxylic acids is 1. The number of nitro benzene ring substituents is 1. The number of amides is 1. The number of fused-ring (bicyclic) bond motifs is 1. The van der Waals surface area contributed by atoms with Gasteiger partial charge in [-0.3, -0.25) is 14.9 Å². The van der Waals surface area contributed by atoms with E-state index in [0.29, 0.717) is 22.9 Å². The maximum Gasteiger partial charge on any atom is 0.293 e. The molecule has 3 N–H and O–H groups in total. The molecule has 10 nitrogen and oxygen atoms in total. The third-order valence-corrected chi connectivity index (χ3v) is 4.79. The number of para-hydroxylation sites is 1. The Morgan fingerprint density at radius 1 is 1.09 bits per heavy atom. The molecule has 0 spiro atoms. The Labute approximate surface area is 188 Å². The SMILES string of the molecule is O=C(NCC(O)COc1ccc2c(c1)OCO2)c1ccc(Nc2ccccc2)c([N+](=O)[O-])c1. The van der Waals surface area contributed by atoms with Gasteiger partial charge in [0.1, 0.15) is 24.1 Å². The van der Waals surface area contributed by atoms with Crippen LogP contribution < -0.4 is 24.8 Å². The van der Waals surface area contributed by atoms with Crippen molar-refractivity contribution < 1.29 is 29.0 Å². The minimum atomic E-state index is -0.992. The number of carbonyl (C=O) groups is 1. The second-order valence-corrected chi connectivity index (χ2v) is 7.17. The first-order valence-corrected chi connectivity index (χ1v) is 10.1. The molecule has 170 valence electrons. The second-order valence-electron chi connectivity index (χ2n) is 7.17. The third kappa shape index (κ3) is 5.49. The second kappa shape index (κ2) is 9.88. The number of aliphatic hydroxyl groups is 1. The van der Waals surface area contributed by atoms with Crippen molar-refractivity contribution in [3.8, 4) is 17.2 Å². The summed E-state index contributed by atoms with van der Waals surface area (Å²) < 4.78 is 16.0. The Balaban J connectivity index is 1.32. The molecule has 3 aromatic rings. The molecule has 1 aliphatic rings. The molecule has 1 aliphatic heterocycles. The highest BCUT2D eigenvalue weighted by atomic mass is 16.7. The number of hydrogen-bond acceptors (Lipinski definition) is 8. The van der Waals surface area contributed by atoms with Gasteiger partial charge in [0.25, 0.3) is 11.6 Å². The van der Waals surface area contributed by atoms with Crippen LogP contribution in [0.2, 0.25) is 0 Å². The first kappa shape index (κ1) is 21.9. The van der Waals surface area contributed by atoms with Gasteiger partial charge in [0.15, 0.2) is 11.5 Å². The Kier molecular flexibility index (Phi) is 6.56. The van der Waals surface area contributed by atoms with Crippen molar-refractivity contribution in [3.63, 3.8) is 0 Å². The normalized spacial score (nSPS) is 12.6. The van der Waals surface area contributed by atoms with E-state index in [4.69, 9.17) is 14.2 Å². The van der Waals surface area contributed by atoms with Crippen LogP contribution in [0.25, 0.3) is 0 Å². The predicted molar refractivity (Wildman–Crippen MR) is 119 cm³/mol. The molecule has 1 unspecified atom stereocenters. The van der Waals surface area contributed by atoms with Gasteiger partial charge in [-0.25, -0.2) is 0 Å². The minimum absolute atomic E-state index is 0.0694. The molecule has 0 fully saturated rings. The van der Waals surface area contributed by atoms with E-state index in [1.165, 1.54) is 18.2 Å². The summed E-state index contributed by atoms with van der Waals surface area (Å²) in [5.41, 5.74) is 0.811. The van der Waals surface area contributed by atoms with E-state index in [2.05, 4.69) is 10.6 Å². The molecule has 0 saturated carbocycles. The molecule has 1 atom stereocenters. The number of nitro groups is 1. The molecule has 1 amide bonds. The van der Waals surface area contributed by atoms with Crippen molar-refractivity contribution in [1.29, 1.82) is 0 Å². The summed E-state index contributed by atoms with van der Waals surface area (Å²) >= 11 is 0. The first-order chi connectivity index (χ1) is 16.0. The summed E-state index contributed by atoms with van der Waals surface area (Å²) in [6, 6.07) is 18.2. The van der Waals surface area contributed by atoms with Crippen LogP contribution in [0.5, 0.6) is 17.2 Å². The van der Waals surface area contributed by atoms with E-state index in [9.17, 15) is 20.0 Å². The lowest BCUT2D eigenvalue weighted by Gasteiger charge is -2.14. The fraction of sp³-hybridized carbons (Fsp3) is 0.174. The highest BCUT2D eigenvalue weighted by Gasteiger charge is 2.19. The Bertz CT molecular complexity index is 1150. The fourth-order valence-corrected chi connectivity index (χ4v) is 3.14. The Morgan fingerprint density at radius 3 is 2.67 bits per heavy atom. The lowest BCUT2D eigenvalue weighted by molar-refractivity contribution is -0.383. The molecule has 4 rings (SSSR count). The lowest BCUT2D eigenvalue weighted by Crippen LogP contribution is -2.35. The van der Waals surface area contributed by atoms with Crippen LogP contribution in [0.4, 0.5) is 17.1 Å². The number of hydrogen-bond donors (Lipinski definition) is 3. The largest absolute Gasteiger partial charge is 0.491 e. The molecular weight excluding hydrogens is 430 g/mol. The standard InChI is InChI=1S/C23H21N3O7/c27-17(13-31-18-7-9-21-22(11-18)33-14-32-21)12-24-23(28)15-6-8-19(20(10-15)26(29)30)25-16-4-2-1-3-5-16/h1-11,17,25,27H,12-14H2,(H,24,28). The number of ether oxygens (including phenoxy) is 3. The molecule has 1 heterocycles. The zero-order valence-corrected chi connectivity index (χ0v) is 17.4. The maximum absolute atomic E-state index is 12.5. The van der Waals surface area contributed by atoms with E-state index in [1.54, 1.807) is 42.5 Å². The summed E-state index contributed by atoms with van der Waals surface area (Å²) in [5, 5.41) is 27.2. The van der Waals surface area contributed by atoms with Crippen LogP contribution in [0.15, 0.2) is 66.7 Å². The van der Waals surface area contributed by atoms with Crippen LogP contribution >= 0.6 is 0 Å². The third-order valence-electron chi connectivity index (χ3n) is 4.79. The maximum atomic E-state index is 12.5. The fourth-order valence-electron chi connectivity index (χ4n) is 3.14.